The molecular formula is C27H29NO5. The van der Waals surface area contributed by atoms with Crippen molar-refractivity contribution in [3.63, 3.8) is 0 Å². The molecule has 2 atom stereocenters. The van der Waals surface area contributed by atoms with Crippen LogP contribution < -0.4 is 14.2 Å². The lowest BCUT2D eigenvalue weighted by Crippen LogP contribution is -2.16. The molecule has 1 aromatic heterocycles. The third-order valence-corrected chi connectivity index (χ3v) is 5.70. The molecule has 0 N–H and O–H groups in total. The van der Waals surface area contributed by atoms with Gasteiger partial charge in [-0.2, -0.15) is 0 Å². The van der Waals surface area contributed by atoms with Crippen molar-refractivity contribution >= 4 is 6.29 Å². The molecule has 1 aliphatic rings. The SMILES string of the molecule is CCOc1ccccc1C(CC=O)c1coc(-c2ccc(OC)c(OC3C=CCCC3)c2)n1. The van der Waals surface area contributed by atoms with Crippen molar-refractivity contribution in [2.24, 2.45) is 0 Å². The summed E-state index contributed by atoms with van der Waals surface area (Å²) in [5, 5.41) is 0. The zero-order valence-electron chi connectivity index (χ0n) is 19.0. The molecule has 172 valence electrons. The van der Waals surface area contributed by atoms with Crippen molar-refractivity contribution in [1.82, 2.24) is 4.98 Å². The van der Waals surface area contributed by atoms with Crippen LogP contribution in [0.1, 0.15) is 49.8 Å². The van der Waals surface area contributed by atoms with Gasteiger partial charge in [0.15, 0.2) is 11.5 Å². The molecule has 1 aliphatic carbocycles. The van der Waals surface area contributed by atoms with Crippen molar-refractivity contribution in [2.45, 2.75) is 44.6 Å². The summed E-state index contributed by atoms with van der Waals surface area (Å²) in [6.45, 7) is 2.48. The number of para-hydroxylation sites is 1. The lowest BCUT2D eigenvalue weighted by molar-refractivity contribution is -0.108. The van der Waals surface area contributed by atoms with E-state index in [1.165, 1.54) is 0 Å². The Bertz CT molecular complexity index is 1100. The van der Waals surface area contributed by atoms with Crippen LogP contribution in [-0.2, 0) is 4.79 Å². The highest BCUT2D eigenvalue weighted by Crippen LogP contribution is 2.37. The van der Waals surface area contributed by atoms with Gasteiger partial charge in [-0.25, -0.2) is 4.98 Å². The predicted molar refractivity (Wildman–Crippen MR) is 126 cm³/mol. The summed E-state index contributed by atoms with van der Waals surface area (Å²) in [6.07, 6.45) is 10.2. The maximum atomic E-state index is 11.5. The van der Waals surface area contributed by atoms with Crippen LogP contribution >= 0.6 is 0 Å². The zero-order valence-corrected chi connectivity index (χ0v) is 19.0. The first-order chi connectivity index (χ1) is 16.2. The average Bonchev–Trinajstić information content (AvgIpc) is 3.34. The molecule has 6 heteroatoms. The minimum absolute atomic E-state index is 0.0232. The topological polar surface area (TPSA) is 70.8 Å². The van der Waals surface area contributed by atoms with Crippen LogP contribution in [0.15, 0.2) is 65.3 Å². The van der Waals surface area contributed by atoms with Crippen LogP contribution in [-0.4, -0.2) is 31.1 Å². The van der Waals surface area contributed by atoms with E-state index < -0.39 is 0 Å². The number of carbonyl (C=O) groups is 1. The molecule has 0 radical (unpaired) electrons. The van der Waals surface area contributed by atoms with Gasteiger partial charge in [0.1, 0.15) is 24.4 Å². The van der Waals surface area contributed by atoms with E-state index >= 15 is 0 Å². The maximum absolute atomic E-state index is 11.5. The summed E-state index contributed by atoms with van der Waals surface area (Å²) in [7, 11) is 1.63. The van der Waals surface area contributed by atoms with E-state index in [0.29, 0.717) is 29.7 Å². The van der Waals surface area contributed by atoms with Gasteiger partial charge in [0.25, 0.3) is 0 Å². The third-order valence-electron chi connectivity index (χ3n) is 5.70. The van der Waals surface area contributed by atoms with E-state index in [9.17, 15) is 4.79 Å². The molecule has 2 aromatic carbocycles. The number of aldehydes is 1. The molecule has 0 saturated heterocycles. The van der Waals surface area contributed by atoms with Gasteiger partial charge in [0.2, 0.25) is 5.89 Å². The van der Waals surface area contributed by atoms with Gasteiger partial charge in [0, 0.05) is 23.5 Å². The number of allylic oxidation sites excluding steroid dienone is 1. The Morgan fingerprint density at radius 3 is 2.82 bits per heavy atom. The minimum Gasteiger partial charge on any atom is -0.494 e. The Balaban J connectivity index is 1.64. The molecule has 1 heterocycles. The number of hydrogen-bond acceptors (Lipinski definition) is 6. The van der Waals surface area contributed by atoms with E-state index in [1.807, 2.05) is 49.4 Å². The molecule has 3 aromatic rings. The van der Waals surface area contributed by atoms with Crippen molar-refractivity contribution in [1.29, 1.82) is 0 Å². The number of hydrogen-bond donors (Lipinski definition) is 0. The van der Waals surface area contributed by atoms with Crippen molar-refractivity contribution in [2.75, 3.05) is 13.7 Å². The molecule has 0 bridgehead atoms. The van der Waals surface area contributed by atoms with Gasteiger partial charge in [-0.1, -0.05) is 24.3 Å². The van der Waals surface area contributed by atoms with Crippen molar-refractivity contribution in [3.05, 3.63) is 72.1 Å². The lowest BCUT2D eigenvalue weighted by Gasteiger charge is -2.20. The first kappa shape index (κ1) is 22.6. The number of ether oxygens (including phenoxy) is 3. The molecule has 0 amide bonds. The monoisotopic (exact) mass is 447 g/mol. The van der Waals surface area contributed by atoms with Gasteiger partial charge in [0.05, 0.1) is 19.4 Å². The average molecular weight is 448 g/mol. The molecule has 0 spiro atoms. The van der Waals surface area contributed by atoms with E-state index in [1.54, 1.807) is 13.4 Å². The molecule has 0 aliphatic heterocycles. The summed E-state index contributed by atoms with van der Waals surface area (Å²) in [5.41, 5.74) is 2.37. The fourth-order valence-corrected chi connectivity index (χ4v) is 4.08. The van der Waals surface area contributed by atoms with E-state index in [2.05, 4.69) is 12.2 Å². The Morgan fingerprint density at radius 1 is 1.18 bits per heavy atom. The van der Waals surface area contributed by atoms with Gasteiger partial charge < -0.3 is 23.4 Å². The van der Waals surface area contributed by atoms with Crippen LogP contribution in [0.5, 0.6) is 17.2 Å². The second-order valence-corrected chi connectivity index (χ2v) is 7.88. The summed E-state index contributed by atoms with van der Waals surface area (Å²) >= 11 is 0. The smallest absolute Gasteiger partial charge is 0.226 e. The molecule has 33 heavy (non-hydrogen) atoms. The van der Waals surface area contributed by atoms with Gasteiger partial charge in [-0.15, -0.1) is 0 Å². The zero-order chi connectivity index (χ0) is 23.0. The standard InChI is InChI=1S/C27H29NO5/c1-3-31-24-12-8-7-11-22(24)21(15-16-29)23-18-32-27(28-23)19-13-14-25(30-2)26(17-19)33-20-9-5-4-6-10-20/h5,7-9,11-14,16-18,20-21H,3-4,6,10,15H2,1-2H3. The molecule has 0 fully saturated rings. The van der Waals surface area contributed by atoms with Crippen molar-refractivity contribution in [3.8, 4) is 28.7 Å². The van der Waals surface area contributed by atoms with Crippen LogP contribution in [0.2, 0.25) is 0 Å². The van der Waals surface area contributed by atoms with Gasteiger partial charge in [-0.3, -0.25) is 0 Å². The molecule has 0 saturated carbocycles. The first-order valence-electron chi connectivity index (χ1n) is 11.4. The second-order valence-electron chi connectivity index (χ2n) is 7.88. The molecule has 2 unspecified atom stereocenters. The Morgan fingerprint density at radius 2 is 2.06 bits per heavy atom. The molecule has 6 nitrogen and oxygen atoms in total. The number of carbonyl (C=O) groups excluding carboxylic acids is 1. The summed E-state index contributed by atoms with van der Waals surface area (Å²) < 4.78 is 23.3. The molecule has 4 rings (SSSR count). The highest BCUT2D eigenvalue weighted by atomic mass is 16.5. The van der Waals surface area contributed by atoms with Crippen LogP contribution in [0.25, 0.3) is 11.5 Å². The maximum Gasteiger partial charge on any atom is 0.226 e. The first-order valence-corrected chi connectivity index (χ1v) is 11.4. The number of methoxy groups -OCH3 is 1. The second kappa shape index (κ2) is 10.9. The van der Waals surface area contributed by atoms with E-state index in [4.69, 9.17) is 23.6 Å². The normalized spacial score (nSPS) is 16.2. The van der Waals surface area contributed by atoms with Crippen LogP contribution in [0.4, 0.5) is 0 Å². The summed E-state index contributed by atoms with van der Waals surface area (Å²) in [6, 6.07) is 13.4. The number of oxazole rings is 1. The highest BCUT2D eigenvalue weighted by molar-refractivity contribution is 5.61. The largest absolute Gasteiger partial charge is 0.494 e. The Kier molecular flexibility index (Phi) is 7.45. The van der Waals surface area contributed by atoms with E-state index in [-0.39, 0.29) is 18.4 Å². The lowest BCUT2D eigenvalue weighted by atomic mass is 9.92. The summed E-state index contributed by atoms with van der Waals surface area (Å²) in [4.78, 5) is 16.2. The third kappa shape index (κ3) is 5.28. The minimum atomic E-state index is -0.260. The Labute approximate surface area is 194 Å². The van der Waals surface area contributed by atoms with Crippen molar-refractivity contribution < 1.29 is 23.4 Å². The van der Waals surface area contributed by atoms with E-state index in [0.717, 1.165) is 42.4 Å². The fraction of sp³-hybridized carbons (Fsp3) is 0.333. The predicted octanol–water partition coefficient (Wildman–Crippen LogP) is 5.96. The van der Waals surface area contributed by atoms with Crippen LogP contribution in [0.3, 0.4) is 0 Å². The molecular weight excluding hydrogens is 418 g/mol. The summed E-state index contributed by atoms with van der Waals surface area (Å²) in [5.74, 6) is 2.26. The van der Waals surface area contributed by atoms with Crippen LogP contribution in [0, 0.1) is 0 Å². The van der Waals surface area contributed by atoms with Gasteiger partial charge >= 0.3 is 0 Å². The Hall–Kier alpha value is -3.54. The number of benzene rings is 2. The number of rotatable bonds is 10. The number of nitrogens with zero attached hydrogens (tertiary/aromatic N) is 1. The fourth-order valence-electron chi connectivity index (χ4n) is 4.08. The van der Waals surface area contributed by atoms with Gasteiger partial charge in [-0.05, 0) is 56.5 Å². The number of aromatic nitrogens is 1. The highest BCUT2D eigenvalue weighted by Gasteiger charge is 2.23. The quantitative estimate of drug-likeness (QED) is 0.282.